The molecule has 340 valence electrons. The van der Waals surface area contributed by atoms with Crippen LogP contribution in [0.1, 0.15) is 49.0 Å². The number of carbonyl (C=O) groups is 2. The van der Waals surface area contributed by atoms with Crippen LogP contribution < -0.4 is 21.3 Å². The molecule has 6 aromatic rings. The molecule has 17 heteroatoms. The van der Waals surface area contributed by atoms with Crippen molar-refractivity contribution in [1.82, 2.24) is 34.2 Å². The summed E-state index contributed by atoms with van der Waals surface area (Å²) in [4.78, 5) is 63.0. The number of nitrogens with zero attached hydrogens (tertiary/aromatic N) is 7. The lowest BCUT2D eigenvalue weighted by atomic mass is 10.2. The molecule has 2 aliphatic heterocycles. The highest BCUT2D eigenvalue weighted by Crippen LogP contribution is 2.22. The van der Waals surface area contributed by atoms with Gasteiger partial charge < -0.3 is 29.5 Å². The van der Waals surface area contributed by atoms with Crippen LogP contribution in [0, 0.1) is 11.6 Å². The summed E-state index contributed by atoms with van der Waals surface area (Å²) in [6, 6.07) is 26.5. The first kappa shape index (κ1) is 48.6. The molecule has 0 saturated carbocycles. The van der Waals surface area contributed by atoms with Gasteiger partial charge in [0.15, 0.2) is 11.0 Å². The standard InChI is InChI=1S/C23H25FN4O3.C14H8ClFN2O.C9H18N2O2.CH4/c1-23(2,3)31-22(30)27-13-11-26(12-14-27)20-21(29)28(17-7-5-4-6-8-17)19-10-9-16(24)15-18(19)25-20;15-13-14(19)18(10-4-2-1-3-5-10)12-7-6-9(16)8-11(12)17-13;1-9(2,3)13-8(12)11-6-4-10-5-7-11;/h4-10,15H,11-14H2,1-3H3;1-8H;10H,4-7H2,1-3H3;1H4. The molecule has 0 unspecified atom stereocenters. The van der Waals surface area contributed by atoms with E-state index in [1.807, 2.05) is 95.0 Å². The van der Waals surface area contributed by atoms with Crippen LogP contribution in [0.15, 0.2) is 107 Å². The molecule has 0 spiro atoms. The first-order chi connectivity index (χ1) is 29.9. The summed E-state index contributed by atoms with van der Waals surface area (Å²) < 4.78 is 40.8. The molecule has 14 nitrogen and oxygen atoms in total. The third kappa shape index (κ3) is 12.4. The zero-order valence-electron chi connectivity index (χ0n) is 36.1. The predicted molar refractivity (Wildman–Crippen MR) is 247 cm³/mol. The summed E-state index contributed by atoms with van der Waals surface area (Å²) in [5.74, 6) is -0.598. The predicted octanol–water partition coefficient (Wildman–Crippen LogP) is 8.22. The fourth-order valence-corrected chi connectivity index (χ4v) is 6.93. The average molecular weight is 901 g/mol. The number of piperazine rings is 2. The number of halogens is 3. The Labute approximate surface area is 376 Å². The summed E-state index contributed by atoms with van der Waals surface area (Å²) >= 11 is 5.83. The fraction of sp³-hybridized carbons (Fsp3) is 0.362. The van der Waals surface area contributed by atoms with Crippen molar-refractivity contribution < 1.29 is 27.8 Å². The van der Waals surface area contributed by atoms with Crippen LogP contribution >= 0.6 is 11.6 Å². The molecule has 2 amide bonds. The number of benzene rings is 4. The number of anilines is 1. The number of aromatic nitrogens is 4. The molecule has 2 fully saturated rings. The summed E-state index contributed by atoms with van der Waals surface area (Å²) in [5, 5.41) is 3.00. The Morgan fingerprint density at radius 3 is 1.48 bits per heavy atom. The Morgan fingerprint density at radius 1 is 0.609 bits per heavy atom. The normalized spacial score (nSPS) is 14.1. The lowest BCUT2D eigenvalue weighted by Gasteiger charge is -2.36. The van der Waals surface area contributed by atoms with Crippen molar-refractivity contribution in [1.29, 1.82) is 0 Å². The van der Waals surface area contributed by atoms with Crippen molar-refractivity contribution in [2.75, 3.05) is 57.3 Å². The van der Waals surface area contributed by atoms with Gasteiger partial charge in [-0.2, -0.15) is 0 Å². The first-order valence-corrected chi connectivity index (χ1v) is 20.9. The number of hydrogen-bond acceptors (Lipinski definition) is 10. The van der Waals surface area contributed by atoms with Crippen LogP contribution in [0.25, 0.3) is 33.4 Å². The minimum atomic E-state index is -0.568. The fourth-order valence-electron chi connectivity index (χ4n) is 6.75. The Kier molecular flexibility index (Phi) is 15.9. The second-order valence-corrected chi connectivity index (χ2v) is 17.1. The van der Waals surface area contributed by atoms with Crippen molar-refractivity contribution in [3.63, 3.8) is 0 Å². The summed E-state index contributed by atoms with van der Waals surface area (Å²) in [7, 11) is 0. The van der Waals surface area contributed by atoms with Gasteiger partial charge in [-0.1, -0.05) is 55.4 Å². The Bertz CT molecular complexity index is 2670. The van der Waals surface area contributed by atoms with Crippen LogP contribution in [-0.2, 0) is 9.47 Å². The summed E-state index contributed by atoms with van der Waals surface area (Å²) in [6.07, 6.45) is -0.573. The maximum atomic E-state index is 13.9. The zero-order chi connectivity index (χ0) is 45.5. The van der Waals surface area contributed by atoms with Crippen molar-refractivity contribution in [3.8, 4) is 11.4 Å². The van der Waals surface area contributed by atoms with Crippen LogP contribution in [0.3, 0.4) is 0 Å². The van der Waals surface area contributed by atoms with Crippen LogP contribution in [0.2, 0.25) is 5.15 Å². The van der Waals surface area contributed by atoms with Gasteiger partial charge in [0.1, 0.15) is 22.8 Å². The van der Waals surface area contributed by atoms with E-state index in [1.165, 1.54) is 34.9 Å². The molecule has 2 aromatic heterocycles. The van der Waals surface area contributed by atoms with Gasteiger partial charge in [0, 0.05) is 75.9 Å². The van der Waals surface area contributed by atoms with Crippen molar-refractivity contribution >= 4 is 51.7 Å². The van der Waals surface area contributed by atoms with E-state index in [9.17, 15) is 28.0 Å². The lowest BCUT2D eigenvalue weighted by Crippen LogP contribution is -2.51. The number of hydrogen-bond donors (Lipinski definition) is 1. The largest absolute Gasteiger partial charge is 0.444 e. The van der Waals surface area contributed by atoms with Gasteiger partial charge in [-0.05, 0) is 90.1 Å². The minimum absolute atomic E-state index is 0. The topological polar surface area (TPSA) is 144 Å². The monoisotopic (exact) mass is 900 g/mol. The molecule has 0 radical (unpaired) electrons. The van der Waals surface area contributed by atoms with E-state index in [1.54, 1.807) is 32.6 Å². The smallest absolute Gasteiger partial charge is 0.410 e. The average Bonchev–Trinajstić information content (AvgIpc) is 3.24. The number of amides is 2. The van der Waals surface area contributed by atoms with E-state index in [0.29, 0.717) is 59.6 Å². The molecule has 64 heavy (non-hydrogen) atoms. The number of carbonyl (C=O) groups excluding carboxylic acids is 2. The van der Waals surface area contributed by atoms with E-state index in [0.717, 1.165) is 26.2 Å². The molecule has 2 aliphatic rings. The lowest BCUT2D eigenvalue weighted by molar-refractivity contribution is 0.0223. The SMILES string of the molecule is C.CC(C)(C)OC(=O)N1CCN(c2nc3cc(F)ccc3n(-c3ccccc3)c2=O)CC1.CC(C)(C)OC(=O)N1CCNCC1.O=c1c(Cl)nc2cc(F)ccc2n1-c1ccccc1. The Hall–Kier alpha value is -6.39. The number of nitrogens with one attached hydrogen (secondary N) is 1. The van der Waals surface area contributed by atoms with Gasteiger partial charge in [-0.25, -0.2) is 28.3 Å². The van der Waals surface area contributed by atoms with Crippen LogP contribution in [0.4, 0.5) is 24.2 Å². The van der Waals surface area contributed by atoms with E-state index >= 15 is 0 Å². The highest BCUT2D eigenvalue weighted by atomic mass is 35.5. The molecule has 4 aromatic carbocycles. The minimum Gasteiger partial charge on any atom is -0.444 e. The van der Waals surface area contributed by atoms with E-state index in [-0.39, 0.29) is 41.7 Å². The second-order valence-electron chi connectivity index (χ2n) is 16.7. The molecule has 0 bridgehead atoms. The van der Waals surface area contributed by atoms with Gasteiger partial charge in [0.25, 0.3) is 11.1 Å². The van der Waals surface area contributed by atoms with E-state index < -0.39 is 22.8 Å². The molecule has 2 saturated heterocycles. The maximum Gasteiger partial charge on any atom is 0.410 e. The molecule has 0 atom stereocenters. The number of fused-ring (bicyclic) bond motifs is 2. The zero-order valence-corrected chi connectivity index (χ0v) is 36.9. The van der Waals surface area contributed by atoms with Crippen molar-refractivity contribution in [2.45, 2.75) is 60.2 Å². The first-order valence-electron chi connectivity index (χ1n) is 20.5. The quantitative estimate of drug-likeness (QED) is 0.185. The molecular formula is C47H55ClF2N8O6. The molecule has 4 heterocycles. The third-order valence-corrected chi connectivity index (χ3v) is 9.85. The molecule has 1 N–H and O–H groups in total. The maximum absolute atomic E-state index is 13.9. The van der Waals surface area contributed by atoms with Crippen molar-refractivity contribution in [2.24, 2.45) is 0 Å². The Balaban J connectivity index is 0.000000199. The molecule has 0 aliphatic carbocycles. The van der Waals surface area contributed by atoms with Gasteiger partial charge >= 0.3 is 12.2 Å². The second kappa shape index (κ2) is 20.9. The number of rotatable bonds is 3. The van der Waals surface area contributed by atoms with Crippen LogP contribution in [-0.4, -0.2) is 105 Å². The van der Waals surface area contributed by atoms with Crippen molar-refractivity contribution in [3.05, 3.63) is 135 Å². The third-order valence-electron chi connectivity index (χ3n) is 9.60. The highest BCUT2D eigenvalue weighted by Gasteiger charge is 2.28. The van der Waals surface area contributed by atoms with E-state index in [4.69, 9.17) is 21.1 Å². The van der Waals surface area contributed by atoms with Crippen LogP contribution in [0.5, 0.6) is 0 Å². The molecule has 8 rings (SSSR count). The summed E-state index contributed by atoms with van der Waals surface area (Å²) in [5.41, 5.74) is 1.47. The Morgan fingerprint density at radius 2 is 1.03 bits per heavy atom. The van der Waals surface area contributed by atoms with Gasteiger partial charge in [-0.3, -0.25) is 18.7 Å². The van der Waals surface area contributed by atoms with E-state index in [2.05, 4.69) is 15.3 Å². The number of ether oxygens (including phenoxy) is 2. The van der Waals surface area contributed by atoms with Gasteiger partial charge in [0.2, 0.25) is 0 Å². The summed E-state index contributed by atoms with van der Waals surface area (Å²) in [6.45, 7) is 16.0. The highest BCUT2D eigenvalue weighted by molar-refractivity contribution is 6.29. The van der Waals surface area contributed by atoms with Gasteiger partial charge in [0.05, 0.1) is 22.1 Å². The number of para-hydroxylation sites is 2. The van der Waals surface area contributed by atoms with Gasteiger partial charge in [-0.15, -0.1) is 0 Å². The molecular weight excluding hydrogens is 846 g/mol.